The molecular formula is C28H24. The summed E-state index contributed by atoms with van der Waals surface area (Å²) in [5.41, 5.74) is 7.02. The van der Waals surface area contributed by atoms with Gasteiger partial charge >= 0.3 is 0 Å². The smallest absolute Gasteiger partial charge is 0.0336 e. The van der Waals surface area contributed by atoms with Crippen LogP contribution in [0.4, 0.5) is 0 Å². The van der Waals surface area contributed by atoms with Gasteiger partial charge in [-0.2, -0.15) is 0 Å². The first-order valence-electron chi connectivity index (χ1n) is 10.1. The molecule has 3 aliphatic rings. The summed E-state index contributed by atoms with van der Waals surface area (Å²) in [5.74, 6) is 1.14. The van der Waals surface area contributed by atoms with Crippen LogP contribution in [-0.2, 0) is 0 Å². The second-order valence-corrected chi connectivity index (χ2v) is 7.71. The molecule has 0 saturated heterocycles. The number of benzene rings is 2. The van der Waals surface area contributed by atoms with Crippen LogP contribution < -0.4 is 0 Å². The zero-order chi connectivity index (χ0) is 18.8. The van der Waals surface area contributed by atoms with Gasteiger partial charge in [-0.15, -0.1) is 0 Å². The molecular weight excluding hydrogens is 336 g/mol. The molecule has 0 nitrogen and oxygen atoms in total. The van der Waals surface area contributed by atoms with Crippen molar-refractivity contribution in [2.45, 2.75) is 12.3 Å². The molecule has 2 atom stereocenters. The number of hydrogen-bond acceptors (Lipinski definition) is 0. The normalized spacial score (nSPS) is 22.7. The molecule has 3 aliphatic carbocycles. The highest BCUT2D eigenvalue weighted by atomic mass is 14.3. The third-order valence-electron chi connectivity index (χ3n) is 6.01. The molecule has 0 spiro atoms. The lowest BCUT2D eigenvalue weighted by Crippen LogP contribution is -2.20. The van der Waals surface area contributed by atoms with Gasteiger partial charge in [0.05, 0.1) is 0 Å². The maximum Gasteiger partial charge on any atom is 0.0336 e. The third kappa shape index (κ3) is 3.16. The van der Waals surface area contributed by atoms with E-state index in [0.717, 1.165) is 6.42 Å². The topological polar surface area (TPSA) is 0 Å². The molecule has 0 heterocycles. The van der Waals surface area contributed by atoms with Crippen molar-refractivity contribution in [1.29, 1.82) is 0 Å². The zero-order valence-corrected chi connectivity index (χ0v) is 15.9. The van der Waals surface area contributed by atoms with E-state index in [9.17, 15) is 0 Å². The van der Waals surface area contributed by atoms with Crippen LogP contribution in [0.5, 0.6) is 0 Å². The minimum Gasteiger partial charge on any atom is -0.0801 e. The maximum absolute atomic E-state index is 2.52. The summed E-state index contributed by atoms with van der Waals surface area (Å²) in [6.07, 6.45) is 21.9. The Kier molecular flexibility index (Phi) is 4.54. The average Bonchev–Trinajstić information content (AvgIpc) is 3.01. The van der Waals surface area contributed by atoms with Crippen LogP contribution in [0.3, 0.4) is 0 Å². The van der Waals surface area contributed by atoms with Crippen LogP contribution in [0.15, 0.2) is 132 Å². The predicted octanol–water partition coefficient (Wildman–Crippen LogP) is 6.93. The van der Waals surface area contributed by atoms with Crippen LogP contribution in [0, 0.1) is 11.8 Å². The van der Waals surface area contributed by atoms with Crippen molar-refractivity contribution >= 4 is 0 Å². The number of fused-ring (bicyclic) bond motifs is 2. The van der Waals surface area contributed by atoms with Crippen molar-refractivity contribution < 1.29 is 0 Å². The first-order valence-corrected chi connectivity index (χ1v) is 10.1. The fraction of sp³-hybridized carbons (Fsp3) is 0.143. The third-order valence-corrected chi connectivity index (χ3v) is 6.01. The molecule has 2 aromatic rings. The van der Waals surface area contributed by atoms with E-state index in [4.69, 9.17) is 0 Å². The largest absolute Gasteiger partial charge is 0.0801 e. The van der Waals surface area contributed by atoms with Gasteiger partial charge < -0.3 is 0 Å². The minimum absolute atomic E-state index is 0.266. The Morgan fingerprint density at radius 2 is 1.39 bits per heavy atom. The minimum atomic E-state index is 0.266. The Morgan fingerprint density at radius 1 is 0.714 bits per heavy atom. The van der Waals surface area contributed by atoms with Crippen LogP contribution in [0.2, 0.25) is 0 Å². The quantitative estimate of drug-likeness (QED) is 0.557. The molecule has 0 amide bonds. The van der Waals surface area contributed by atoms with Crippen LogP contribution in [-0.4, -0.2) is 0 Å². The van der Waals surface area contributed by atoms with E-state index < -0.39 is 0 Å². The Morgan fingerprint density at radius 3 is 2.11 bits per heavy atom. The van der Waals surface area contributed by atoms with Crippen molar-refractivity contribution in [3.05, 3.63) is 143 Å². The molecule has 2 unspecified atom stereocenters. The molecule has 0 heteroatoms. The maximum atomic E-state index is 2.52. The molecule has 2 aromatic carbocycles. The van der Waals surface area contributed by atoms with Gasteiger partial charge in [0.25, 0.3) is 0 Å². The second-order valence-electron chi connectivity index (χ2n) is 7.71. The van der Waals surface area contributed by atoms with Gasteiger partial charge in [0.1, 0.15) is 0 Å². The summed E-state index contributed by atoms with van der Waals surface area (Å²) < 4.78 is 0. The fourth-order valence-electron chi connectivity index (χ4n) is 4.63. The Balaban J connectivity index is 1.60. The average molecular weight is 360 g/mol. The molecule has 5 rings (SSSR count). The monoisotopic (exact) mass is 360 g/mol. The Labute approximate surface area is 167 Å². The molecule has 0 aromatic heterocycles. The zero-order valence-electron chi connectivity index (χ0n) is 15.9. The molecule has 0 aliphatic heterocycles. The van der Waals surface area contributed by atoms with Crippen LogP contribution in [0.1, 0.15) is 23.5 Å². The van der Waals surface area contributed by atoms with Crippen molar-refractivity contribution in [1.82, 2.24) is 0 Å². The van der Waals surface area contributed by atoms with Crippen molar-refractivity contribution in [3.8, 4) is 0 Å². The molecule has 0 N–H and O–H groups in total. The molecule has 0 bridgehead atoms. The summed E-state index contributed by atoms with van der Waals surface area (Å²) >= 11 is 0. The first-order chi connectivity index (χ1) is 13.9. The Bertz CT molecular complexity index is 986. The van der Waals surface area contributed by atoms with E-state index in [1.807, 2.05) is 0 Å². The van der Waals surface area contributed by atoms with E-state index in [2.05, 4.69) is 115 Å². The van der Waals surface area contributed by atoms with E-state index in [1.54, 1.807) is 0 Å². The van der Waals surface area contributed by atoms with Gasteiger partial charge in [0, 0.05) is 17.8 Å². The van der Waals surface area contributed by atoms with E-state index in [-0.39, 0.29) is 5.92 Å². The lowest BCUT2D eigenvalue weighted by molar-refractivity contribution is 0.617. The lowest BCUT2D eigenvalue weighted by Gasteiger charge is -2.32. The van der Waals surface area contributed by atoms with Crippen LogP contribution >= 0.6 is 0 Å². The van der Waals surface area contributed by atoms with Gasteiger partial charge in [0.15, 0.2) is 0 Å². The van der Waals surface area contributed by atoms with Gasteiger partial charge in [0.2, 0.25) is 0 Å². The van der Waals surface area contributed by atoms with Crippen LogP contribution in [0.25, 0.3) is 0 Å². The van der Waals surface area contributed by atoms with E-state index in [0.29, 0.717) is 11.8 Å². The number of rotatable bonds is 3. The van der Waals surface area contributed by atoms with Gasteiger partial charge in [-0.25, -0.2) is 0 Å². The highest BCUT2D eigenvalue weighted by Gasteiger charge is 2.29. The summed E-state index contributed by atoms with van der Waals surface area (Å²) in [5, 5.41) is 0. The number of allylic oxidation sites excluding steroid dienone is 12. The molecule has 0 fully saturated rings. The summed E-state index contributed by atoms with van der Waals surface area (Å²) in [6.45, 7) is 0. The predicted molar refractivity (Wildman–Crippen MR) is 118 cm³/mol. The fourth-order valence-corrected chi connectivity index (χ4v) is 4.63. The van der Waals surface area contributed by atoms with Crippen molar-refractivity contribution in [2.75, 3.05) is 0 Å². The highest BCUT2D eigenvalue weighted by molar-refractivity contribution is 5.52. The summed E-state index contributed by atoms with van der Waals surface area (Å²) in [4.78, 5) is 0. The number of hydrogen-bond donors (Lipinski definition) is 0. The van der Waals surface area contributed by atoms with Crippen molar-refractivity contribution in [3.63, 3.8) is 0 Å². The van der Waals surface area contributed by atoms with E-state index >= 15 is 0 Å². The molecule has 0 radical (unpaired) electrons. The first kappa shape index (κ1) is 17.0. The van der Waals surface area contributed by atoms with Crippen molar-refractivity contribution in [2.24, 2.45) is 11.8 Å². The highest BCUT2D eigenvalue weighted by Crippen LogP contribution is 2.42. The molecule has 0 saturated carbocycles. The summed E-state index contributed by atoms with van der Waals surface area (Å²) in [6, 6.07) is 21.8. The molecule has 136 valence electrons. The molecule has 28 heavy (non-hydrogen) atoms. The Hall–Kier alpha value is -3.12. The SMILES string of the molecule is C1=CCC2=C(C=C1)C1C=C(C(c3ccccc3)c3ccccc3)C=CC1C=C2. The van der Waals surface area contributed by atoms with Gasteiger partial charge in [-0.05, 0) is 34.3 Å². The van der Waals surface area contributed by atoms with Gasteiger partial charge in [-0.3, -0.25) is 0 Å². The van der Waals surface area contributed by atoms with Gasteiger partial charge in [-0.1, -0.05) is 115 Å². The standard InChI is InChI=1S/C28H24/c1-5-11-23(12-6-1)28(24-13-7-2-8-14-24)25-19-18-22-17-16-21-10-4-3-9-15-26(21)27(22)20-25/h1-9,11-20,22,27-28H,10H2. The lowest BCUT2D eigenvalue weighted by atomic mass is 9.72. The second kappa shape index (κ2) is 7.48. The van der Waals surface area contributed by atoms with E-state index in [1.165, 1.54) is 27.8 Å². The summed E-state index contributed by atoms with van der Waals surface area (Å²) in [7, 11) is 0.